The predicted molar refractivity (Wildman–Crippen MR) is 139 cm³/mol. The molecule has 4 aromatic rings. The van der Waals surface area contributed by atoms with Crippen molar-refractivity contribution in [2.45, 2.75) is 30.0 Å². The highest BCUT2D eigenvalue weighted by molar-refractivity contribution is 7.13. The Kier molecular flexibility index (Phi) is 7.84. The maximum absolute atomic E-state index is 14.2. The SMILES string of the molecule is CO[C@H]1CO[C@H](CO)[C@H](O)C1(c1cc(C(N)=O)nn1-c1cc(Cl)ccc1C(F)(F)F)n1cc(-c2nc(Cl)cs2)nn1. The number of halogens is 5. The molecule has 0 saturated carbocycles. The molecule has 12 nitrogen and oxygen atoms in total. The van der Waals surface area contributed by atoms with E-state index in [4.69, 9.17) is 38.4 Å². The number of thiazole rings is 1. The topological polar surface area (TPSA) is 163 Å². The van der Waals surface area contributed by atoms with Crippen LogP contribution in [0.1, 0.15) is 21.7 Å². The predicted octanol–water partition coefficient (Wildman–Crippen LogP) is 2.52. The van der Waals surface area contributed by atoms with Crippen LogP contribution in [0.5, 0.6) is 0 Å². The minimum atomic E-state index is -4.88. The van der Waals surface area contributed by atoms with Gasteiger partial charge in [0.05, 0.1) is 36.4 Å². The monoisotopic (exact) mass is 633 g/mol. The molecular weight excluding hydrogens is 614 g/mol. The Morgan fingerprint density at radius 3 is 2.71 bits per heavy atom. The van der Waals surface area contributed by atoms with E-state index >= 15 is 0 Å². The van der Waals surface area contributed by atoms with Crippen LogP contribution in [0.15, 0.2) is 35.8 Å². The zero-order valence-corrected chi connectivity index (χ0v) is 23.1. The number of carbonyl (C=O) groups is 1. The number of benzene rings is 1. The van der Waals surface area contributed by atoms with Gasteiger partial charge in [0.25, 0.3) is 5.91 Å². The van der Waals surface area contributed by atoms with Crippen LogP contribution in [0.3, 0.4) is 0 Å². The summed E-state index contributed by atoms with van der Waals surface area (Å²) in [6, 6.07) is 3.92. The van der Waals surface area contributed by atoms with E-state index < -0.39 is 59.5 Å². The van der Waals surface area contributed by atoms with E-state index in [1.807, 2.05) is 0 Å². The average Bonchev–Trinajstić information content (AvgIpc) is 3.68. The Hall–Kier alpha value is -3.12. The third kappa shape index (κ3) is 4.98. The molecule has 1 saturated heterocycles. The molecule has 0 spiro atoms. The largest absolute Gasteiger partial charge is 0.418 e. The summed E-state index contributed by atoms with van der Waals surface area (Å²) in [6.07, 6.45) is -7.71. The van der Waals surface area contributed by atoms with Gasteiger partial charge in [-0.15, -0.1) is 16.4 Å². The molecule has 1 aliphatic heterocycles. The Morgan fingerprint density at radius 1 is 1.34 bits per heavy atom. The summed E-state index contributed by atoms with van der Waals surface area (Å²) in [4.78, 5) is 16.5. The molecule has 4 N–H and O–H groups in total. The average molecular weight is 634 g/mol. The number of primary amides is 1. The third-order valence-electron chi connectivity index (χ3n) is 6.65. The van der Waals surface area contributed by atoms with Gasteiger partial charge in [-0.25, -0.2) is 14.3 Å². The van der Waals surface area contributed by atoms with Gasteiger partial charge in [-0.2, -0.15) is 18.3 Å². The fourth-order valence-corrected chi connectivity index (χ4v) is 5.89. The lowest BCUT2D eigenvalue weighted by atomic mass is 9.78. The number of hydrogen-bond acceptors (Lipinski definition) is 10. The Balaban J connectivity index is 1.87. The summed E-state index contributed by atoms with van der Waals surface area (Å²) in [6.45, 7) is -0.958. The van der Waals surface area contributed by atoms with Gasteiger partial charge in [-0.3, -0.25) is 4.79 Å². The van der Waals surface area contributed by atoms with Crippen molar-refractivity contribution in [2.24, 2.45) is 5.73 Å². The highest BCUT2D eigenvalue weighted by Crippen LogP contribution is 2.44. The van der Waals surface area contributed by atoms with Crippen molar-refractivity contribution in [3.8, 4) is 16.4 Å². The number of hydrogen-bond donors (Lipinski definition) is 3. The van der Waals surface area contributed by atoms with E-state index in [2.05, 4.69) is 20.4 Å². The van der Waals surface area contributed by atoms with Gasteiger partial charge in [-0.1, -0.05) is 28.4 Å². The number of ether oxygens (including phenoxy) is 2. The Bertz CT molecular complexity index is 1600. The lowest BCUT2D eigenvalue weighted by molar-refractivity contribution is -0.204. The smallest absolute Gasteiger partial charge is 0.394 e. The molecule has 1 aromatic carbocycles. The summed E-state index contributed by atoms with van der Waals surface area (Å²) in [5.41, 5.74) is 1.33. The number of aliphatic hydroxyl groups excluding tert-OH is 2. The number of nitrogens with two attached hydrogens (primary N) is 1. The second kappa shape index (κ2) is 10.9. The van der Waals surface area contributed by atoms with Crippen LogP contribution in [0.25, 0.3) is 16.4 Å². The number of rotatable bonds is 7. The molecule has 1 aliphatic rings. The van der Waals surface area contributed by atoms with Crippen LogP contribution >= 0.6 is 34.5 Å². The number of methoxy groups -OCH3 is 1. The van der Waals surface area contributed by atoms with Gasteiger partial charge in [0.2, 0.25) is 0 Å². The molecule has 4 atom stereocenters. The van der Waals surface area contributed by atoms with E-state index in [0.717, 1.165) is 45.0 Å². The molecule has 0 bridgehead atoms. The minimum absolute atomic E-state index is 0.0723. The van der Waals surface area contributed by atoms with Crippen LogP contribution in [0.2, 0.25) is 10.2 Å². The van der Waals surface area contributed by atoms with E-state index in [1.54, 1.807) is 5.38 Å². The molecule has 3 aromatic heterocycles. The lowest BCUT2D eigenvalue weighted by Gasteiger charge is -2.48. The first kappa shape index (κ1) is 29.4. The molecule has 4 heterocycles. The van der Waals surface area contributed by atoms with E-state index in [0.29, 0.717) is 5.01 Å². The second-order valence-electron chi connectivity index (χ2n) is 8.92. The Labute approximate surface area is 243 Å². The summed E-state index contributed by atoms with van der Waals surface area (Å²) in [5, 5.41) is 36.2. The molecule has 1 fully saturated rings. The zero-order valence-electron chi connectivity index (χ0n) is 20.8. The molecule has 18 heteroatoms. The molecule has 1 amide bonds. The van der Waals surface area contributed by atoms with Gasteiger partial charge < -0.3 is 25.4 Å². The first-order valence-corrected chi connectivity index (χ1v) is 13.3. The second-order valence-corrected chi connectivity index (χ2v) is 10.6. The number of carbonyl (C=O) groups excluding carboxylic acids is 1. The maximum Gasteiger partial charge on any atom is 0.418 e. The molecule has 0 radical (unpaired) electrons. The number of amides is 1. The van der Waals surface area contributed by atoms with Crippen LogP contribution in [0, 0.1) is 0 Å². The van der Waals surface area contributed by atoms with Gasteiger partial charge in [0.1, 0.15) is 34.2 Å². The number of aromatic nitrogens is 6. The van der Waals surface area contributed by atoms with Crippen molar-refractivity contribution in [3.05, 3.63) is 63.0 Å². The number of aliphatic hydroxyl groups is 2. The molecule has 5 rings (SSSR count). The minimum Gasteiger partial charge on any atom is -0.394 e. The third-order valence-corrected chi connectivity index (χ3v) is 8.08. The lowest BCUT2D eigenvalue weighted by Crippen LogP contribution is -2.66. The van der Waals surface area contributed by atoms with E-state index in [9.17, 15) is 28.2 Å². The van der Waals surface area contributed by atoms with E-state index in [1.165, 1.54) is 13.3 Å². The standard InChI is InChI=1S/C23H20Cl2F3N7O5S/c1-39-17-8-40-15(7-36)19(37)22(17,34-6-13(31-33-34)21-30-18(25)9-41-21)16-5-12(20(29)38)32-35(16)14-4-10(24)2-3-11(14)23(26,27)28/h2-6,9,15,17,19,36-37H,7-8H2,1H3,(H2,29,38)/t15-,17+,19+,22?/m1/s1. The molecule has 218 valence electrons. The zero-order chi connectivity index (χ0) is 29.7. The Morgan fingerprint density at radius 2 is 2.10 bits per heavy atom. The van der Waals surface area contributed by atoms with Gasteiger partial charge in [-0.05, 0) is 24.3 Å². The van der Waals surface area contributed by atoms with Crippen LogP contribution in [0.4, 0.5) is 13.2 Å². The van der Waals surface area contributed by atoms with Gasteiger partial charge in [0.15, 0.2) is 11.2 Å². The van der Waals surface area contributed by atoms with E-state index in [-0.39, 0.29) is 28.2 Å². The maximum atomic E-state index is 14.2. The molecule has 0 aliphatic carbocycles. The highest BCUT2D eigenvalue weighted by atomic mass is 35.5. The normalized spacial score (nSPS) is 23.2. The fourth-order valence-electron chi connectivity index (χ4n) is 4.82. The summed E-state index contributed by atoms with van der Waals surface area (Å²) in [7, 11) is 1.28. The quantitative estimate of drug-likeness (QED) is 0.277. The van der Waals surface area contributed by atoms with Crippen molar-refractivity contribution in [1.29, 1.82) is 0 Å². The number of nitrogens with zero attached hydrogens (tertiary/aromatic N) is 6. The fraction of sp³-hybridized carbons (Fsp3) is 0.348. The van der Waals surface area contributed by atoms with Crippen LogP contribution < -0.4 is 5.73 Å². The highest BCUT2D eigenvalue weighted by Gasteiger charge is 2.58. The summed E-state index contributed by atoms with van der Waals surface area (Å²) in [5.74, 6) is -1.07. The first-order valence-electron chi connectivity index (χ1n) is 11.7. The van der Waals surface area contributed by atoms with Crippen molar-refractivity contribution in [1.82, 2.24) is 29.8 Å². The van der Waals surface area contributed by atoms with Gasteiger partial charge >= 0.3 is 6.18 Å². The number of alkyl halides is 3. The van der Waals surface area contributed by atoms with Crippen molar-refractivity contribution < 1.29 is 37.7 Å². The summed E-state index contributed by atoms with van der Waals surface area (Å²) < 4.78 is 55.8. The van der Waals surface area contributed by atoms with Gasteiger partial charge in [0, 0.05) is 17.5 Å². The molecule has 41 heavy (non-hydrogen) atoms. The van der Waals surface area contributed by atoms with Crippen molar-refractivity contribution >= 4 is 40.4 Å². The summed E-state index contributed by atoms with van der Waals surface area (Å²) >= 11 is 13.2. The molecule has 1 unspecified atom stereocenters. The molecular formula is C23H20Cl2F3N7O5S. The van der Waals surface area contributed by atoms with Crippen LogP contribution in [-0.4, -0.2) is 84.5 Å². The van der Waals surface area contributed by atoms with Crippen LogP contribution in [-0.2, 0) is 21.2 Å². The van der Waals surface area contributed by atoms with Crippen molar-refractivity contribution in [3.63, 3.8) is 0 Å². The first-order chi connectivity index (χ1) is 19.4. The van der Waals surface area contributed by atoms with Crippen molar-refractivity contribution in [2.75, 3.05) is 20.3 Å².